The van der Waals surface area contributed by atoms with Crippen LogP contribution in [-0.2, 0) is 6.54 Å². The number of nitrogens with zero attached hydrogens (tertiary/aromatic N) is 2. The minimum absolute atomic E-state index is 0.243. The Labute approximate surface area is 112 Å². The van der Waals surface area contributed by atoms with Crippen molar-refractivity contribution in [1.82, 2.24) is 10.3 Å². The molecule has 6 heteroatoms. The van der Waals surface area contributed by atoms with E-state index in [9.17, 15) is 5.11 Å². The Morgan fingerprint density at radius 2 is 2.11 bits per heavy atom. The molecule has 1 rings (SSSR count). The van der Waals surface area contributed by atoms with Gasteiger partial charge in [0.1, 0.15) is 0 Å². The van der Waals surface area contributed by atoms with Gasteiger partial charge in [-0.15, -0.1) is 11.3 Å². The zero-order valence-corrected chi connectivity index (χ0v) is 12.1. The molecule has 0 bridgehead atoms. The maximum absolute atomic E-state index is 9.64. The van der Waals surface area contributed by atoms with Crippen LogP contribution in [0.5, 0.6) is 0 Å². The highest BCUT2D eigenvalue weighted by Crippen LogP contribution is 2.22. The zero-order chi connectivity index (χ0) is 13.6. The number of thiazole rings is 1. The summed E-state index contributed by atoms with van der Waals surface area (Å²) in [6, 6.07) is 0. The fourth-order valence-corrected chi connectivity index (χ4v) is 2.54. The van der Waals surface area contributed by atoms with Crippen molar-refractivity contribution in [3.63, 3.8) is 0 Å². The first-order valence-corrected chi connectivity index (χ1v) is 7.07. The normalized spacial score (nSPS) is 14.5. The molecule has 1 aromatic heterocycles. The van der Waals surface area contributed by atoms with Crippen LogP contribution in [0.4, 0.5) is 5.13 Å². The molecular weight excluding hydrogens is 250 g/mol. The van der Waals surface area contributed by atoms with E-state index in [2.05, 4.69) is 29.0 Å². The van der Waals surface area contributed by atoms with Gasteiger partial charge in [0.2, 0.25) is 0 Å². The lowest BCUT2D eigenvalue weighted by Gasteiger charge is -2.20. The molecular formula is C12H23N3O2S. The van der Waals surface area contributed by atoms with E-state index in [1.807, 2.05) is 6.20 Å². The van der Waals surface area contributed by atoms with Gasteiger partial charge in [0.25, 0.3) is 0 Å². The summed E-state index contributed by atoms with van der Waals surface area (Å²) < 4.78 is 0. The molecule has 0 fully saturated rings. The van der Waals surface area contributed by atoms with Gasteiger partial charge in [0, 0.05) is 37.3 Å². The molecule has 104 valence electrons. The second-order valence-electron chi connectivity index (χ2n) is 4.54. The number of hydrogen-bond donors (Lipinski definition) is 3. The van der Waals surface area contributed by atoms with Gasteiger partial charge in [-0.1, -0.05) is 0 Å². The Morgan fingerprint density at radius 3 is 2.67 bits per heavy atom. The van der Waals surface area contributed by atoms with Crippen LogP contribution in [0.15, 0.2) is 6.20 Å². The molecule has 0 aliphatic carbocycles. The quantitative estimate of drug-likeness (QED) is 0.654. The third kappa shape index (κ3) is 4.53. The lowest BCUT2D eigenvalue weighted by molar-refractivity contribution is 0.00258. The van der Waals surface area contributed by atoms with Crippen LogP contribution in [-0.4, -0.2) is 47.0 Å². The molecule has 0 saturated carbocycles. The lowest BCUT2D eigenvalue weighted by atomic mass is 10.1. The van der Waals surface area contributed by atoms with Crippen molar-refractivity contribution in [3.05, 3.63) is 11.1 Å². The van der Waals surface area contributed by atoms with E-state index in [-0.39, 0.29) is 6.61 Å². The van der Waals surface area contributed by atoms with Crippen LogP contribution in [0.1, 0.15) is 25.6 Å². The van der Waals surface area contributed by atoms with Crippen molar-refractivity contribution in [2.45, 2.75) is 32.9 Å². The van der Waals surface area contributed by atoms with E-state index >= 15 is 0 Å². The van der Waals surface area contributed by atoms with Gasteiger partial charge in [-0.2, -0.15) is 0 Å². The third-order valence-corrected chi connectivity index (χ3v) is 3.78. The largest absolute Gasteiger partial charge is 0.393 e. The molecule has 18 heavy (non-hydrogen) atoms. The smallest absolute Gasteiger partial charge is 0.185 e. The predicted molar refractivity (Wildman–Crippen MR) is 75.1 cm³/mol. The van der Waals surface area contributed by atoms with Crippen molar-refractivity contribution in [1.29, 1.82) is 0 Å². The van der Waals surface area contributed by atoms with Gasteiger partial charge in [-0.3, -0.25) is 0 Å². The summed E-state index contributed by atoms with van der Waals surface area (Å²) in [6.07, 6.45) is 1.86. The third-order valence-electron chi connectivity index (χ3n) is 2.72. The standard InChI is InChI=1S/C12H23N3O2S/c1-4-15(5-2)11-14-7-10(18-11)6-13-8-12(3,17)9-16/h7,13,16-17H,4-6,8-9H2,1-3H3. The highest BCUT2D eigenvalue weighted by atomic mass is 32.1. The molecule has 1 atom stereocenters. The number of aliphatic hydroxyl groups excluding tert-OH is 1. The van der Waals surface area contributed by atoms with Gasteiger partial charge in [0.05, 0.1) is 12.2 Å². The van der Waals surface area contributed by atoms with E-state index in [0.29, 0.717) is 13.1 Å². The van der Waals surface area contributed by atoms with E-state index in [1.54, 1.807) is 18.3 Å². The lowest BCUT2D eigenvalue weighted by Crippen LogP contribution is -2.40. The summed E-state index contributed by atoms with van der Waals surface area (Å²) in [7, 11) is 0. The minimum atomic E-state index is -1.06. The van der Waals surface area contributed by atoms with Gasteiger partial charge in [-0.05, 0) is 20.8 Å². The Morgan fingerprint density at radius 1 is 1.44 bits per heavy atom. The summed E-state index contributed by atoms with van der Waals surface area (Å²) in [5, 5.41) is 22.7. The van der Waals surface area contributed by atoms with Crippen molar-refractivity contribution in [3.8, 4) is 0 Å². The molecule has 0 amide bonds. The van der Waals surface area contributed by atoms with E-state index in [4.69, 9.17) is 5.11 Å². The summed E-state index contributed by atoms with van der Waals surface area (Å²) in [4.78, 5) is 7.72. The first kappa shape index (κ1) is 15.4. The van der Waals surface area contributed by atoms with Crippen LogP contribution >= 0.6 is 11.3 Å². The van der Waals surface area contributed by atoms with Crippen LogP contribution < -0.4 is 10.2 Å². The van der Waals surface area contributed by atoms with Crippen molar-refractivity contribution in [2.75, 3.05) is 31.1 Å². The molecule has 0 aliphatic heterocycles. The molecule has 1 aromatic rings. The fraction of sp³-hybridized carbons (Fsp3) is 0.750. The Hall–Kier alpha value is -0.690. The van der Waals surface area contributed by atoms with Crippen molar-refractivity contribution in [2.24, 2.45) is 0 Å². The maximum Gasteiger partial charge on any atom is 0.185 e. The van der Waals surface area contributed by atoms with E-state index < -0.39 is 5.60 Å². The highest BCUT2D eigenvalue weighted by molar-refractivity contribution is 7.15. The summed E-state index contributed by atoms with van der Waals surface area (Å²) in [5.41, 5.74) is -1.06. The number of aliphatic hydroxyl groups is 2. The molecule has 5 nitrogen and oxygen atoms in total. The first-order chi connectivity index (χ1) is 8.52. The van der Waals surface area contributed by atoms with E-state index in [0.717, 1.165) is 23.1 Å². The minimum Gasteiger partial charge on any atom is -0.393 e. The van der Waals surface area contributed by atoms with Crippen molar-refractivity contribution < 1.29 is 10.2 Å². The molecule has 1 unspecified atom stereocenters. The molecule has 0 radical (unpaired) electrons. The SMILES string of the molecule is CCN(CC)c1ncc(CNCC(C)(O)CO)s1. The van der Waals surface area contributed by atoms with Crippen LogP contribution in [0.3, 0.4) is 0 Å². The second-order valence-corrected chi connectivity index (χ2v) is 5.63. The monoisotopic (exact) mass is 273 g/mol. The Balaban J connectivity index is 2.45. The fourth-order valence-electron chi connectivity index (χ4n) is 1.53. The maximum atomic E-state index is 9.64. The average molecular weight is 273 g/mol. The predicted octanol–water partition coefficient (Wildman–Crippen LogP) is 0.822. The zero-order valence-electron chi connectivity index (χ0n) is 11.3. The number of aromatic nitrogens is 1. The van der Waals surface area contributed by atoms with E-state index in [1.165, 1.54) is 0 Å². The molecule has 3 N–H and O–H groups in total. The van der Waals surface area contributed by atoms with Crippen LogP contribution in [0, 0.1) is 0 Å². The topological polar surface area (TPSA) is 68.6 Å². The number of anilines is 1. The van der Waals surface area contributed by atoms with Gasteiger partial charge < -0.3 is 20.4 Å². The summed E-state index contributed by atoms with van der Waals surface area (Å²) >= 11 is 1.66. The first-order valence-electron chi connectivity index (χ1n) is 6.26. The van der Waals surface area contributed by atoms with Gasteiger partial charge in [0.15, 0.2) is 5.13 Å². The number of hydrogen-bond acceptors (Lipinski definition) is 6. The van der Waals surface area contributed by atoms with Gasteiger partial charge in [-0.25, -0.2) is 4.98 Å². The average Bonchev–Trinajstić information content (AvgIpc) is 2.79. The molecule has 0 saturated heterocycles. The van der Waals surface area contributed by atoms with Gasteiger partial charge >= 0.3 is 0 Å². The highest BCUT2D eigenvalue weighted by Gasteiger charge is 2.18. The molecule has 0 spiro atoms. The second kappa shape index (κ2) is 7.04. The van der Waals surface area contributed by atoms with Crippen LogP contribution in [0.25, 0.3) is 0 Å². The Kier molecular flexibility index (Phi) is 6.01. The summed E-state index contributed by atoms with van der Waals surface area (Å²) in [6.45, 7) is 8.52. The Bertz CT molecular complexity index is 351. The molecule has 0 aliphatic rings. The number of nitrogens with one attached hydrogen (secondary N) is 1. The summed E-state index contributed by atoms with van der Waals surface area (Å²) in [5.74, 6) is 0. The van der Waals surface area contributed by atoms with Crippen molar-refractivity contribution >= 4 is 16.5 Å². The van der Waals surface area contributed by atoms with Crippen LogP contribution in [0.2, 0.25) is 0 Å². The molecule has 0 aromatic carbocycles. The molecule has 1 heterocycles. The number of rotatable bonds is 8.